The molecule has 6 rings (SSSR count). The minimum Gasteiger partial charge on any atom is -0.370 e. The molecule has 4 amide bonds. The number of hydrogen-bond donors (Lipinski definition) is 2. The van der Waals surface area contributed by atoms with E-state index in [-0.39, 0.29) is 30.7 Å². The number of aromatic nitrogens is 1. The van der Waals surface area contributed by atoms with E-state index in [0.717, 1.165) is 27.8 Å². The van der Waals surface area contributed by atoms with Gasteiger partial charge in [0, 0.05) is 35.0 Å². The van der Waals surface area contributed by atoms with Crippen molar-refractivity contribution in [1.82, 2.24) is 15.2 Å². The summed E-state index contributed by atoms with van der Waals surface area (Å²) in [4.78, 5) is 57.1. The number of ether oxygens (including phenoxy) is 1. The number of carbonyl (C=O) groups is 4. The molecule has 10 heteroatoms. The SMILES string of the molecule is O=C1CCC(N2C(=O)c3cccc4c(Nc5ccc(CN6CCOCC6=O)nc5)ccc2c34)C(=O)N1. The van der Waals surface area contributed by atoms with Crippen molar-refractivity contribution >= 4 is 51.5 Å². The maximum Gasteiger partial charge on any atom is 0.259 e. The van der Waals surface area contributed by atoms with Crippen molar-refractivity contribution in [3.8, 4) is 0 Å². The highest BCUT2D eigenvalue weighted by Crippen LogP contribution is 2.43. The Bertz CT molecular complexity index is 1420. The summed E-state index contributed by atoms with van der Waals surface area (Å²) in [5.41, 5.74) is 3.53. The number of nitrogens with one attached hydrogen (secondary N) is 2. The maximum absolute atomic E-state index is 13.3. The third-order valence-corrected chi connectivity index (χ3v) is 6.79. The van der Waals surface area contributed by atoms with E-state index >= 15 is 0 Å². The van der Waals surface area contributed by atoms with Gasteiger partial charge in [0.15, 0.2) is 0 Å². The van der Waals surface area contributed by atoms with Gasteiger partial charge in [0.2, 0.25) is 17.7 Å². The average Bonchev–Trinajstić information content (AvgIpc) is 3.16. The van der Waals surface area contributed by atoms with Gasteiger partial charge in [-0.3, -0.25) is 34.4 Å². The van der Waals surface area contributed by atoms with E-state index in [4.69, 9.17) is 4.74 Å². The Morgan fingerprint density at radius 2 is 1.97 bits per heavy atom. The second-order valence-corrected chi connectivity index (χ2v) is 9.03. The summed E-state index contributed by atoms with van der Waals surface area (Å²) in [5.74, 6) is -1.06. The van der Waals surface area contributed by atoms with E-state index in [0.29, 0.717) is 37.4 Å². The standard InChI is InChI=1S/C26H23N5O5/c32-22-9-8-21(25(34)29-22)31-20-7-6-19(17-2-1-3-18(24(17)20)26(31)35)28-15-4-5-16(27-12-15)13-30-10-11-36-14-23(30)33/h1-7,12,21,28H,8-11,13-14H2,(H,29,32,34). The van der Waals surface area contributed by atoms with Gasteiger partial charge in [0.25, 0.3) is 5.91 Å². The number of benzene rings is 2. The van der Waals surface area contributed by atoms with Crippen LogP contribution in [0.3, 0.4) is 0 Å². The number of carbonyl (C=O) groups excluding carboxylic acids is 4. The summed E-state index contributed by atoms with van der Waals surface area (Å²) >= 11 is 0. The predicted molar refractivity (Wildman–Crippen MR) is 131 cm³/mol. The summed E-state index contributed by atoms with van der Waals surface area (Å²) < 4.78 is 5.17. The highest BCUT2D eigenvalue weighted by Gasteiger charge is 2.40. The van der Waals surface area contributed by atoms with E-state index in [1.807, 2.05) is 36.4 Å². The lowest BCUT2D eigenvalue weighted by molar-refractivity contribution is -0.143. The van der Waals surface area contributed by atoms with E-state index in [1.165, 1.54) is 4.90 Å². The molecule has 10 nitrogen and oxygen atoms in total. The monoisotopic (exact) mass is 485 g/mol. The molecule has 2 saturated heterocycles. The van der Waals surface area contributed by atoms with Crippen molar-refractivity contribution in [2.75, 3.05) is 30.0 Å². The second-order valence-electron chi connectivity index (χ2n) is 9.03. The topological polar surface area (TPSA) is 121 Å². The zero-order chi connectivity index (χ0) is 24.8. The fraction of sp³-hybridized carbons (Fsp3) is 0.269. The fourth-order valence-electron chi connectivity index (χ4n) is 5.01. The molecule has 0 spiro atoms. The molecule has 0 radical (unpaired) electrons. The molecule has 2 aromatic carbocycles. The molecule has 3 aromatic rings. The van der Waals surface area contributed by atoms with Crippen LogP contribution >= 0.6 is 0 Å². The summed E-state index contributed by atoms with van der Waals surface area (Å²) in [6.07, 6.45) is 2.20. The Morgan fingerprint density at radius 1 is 1.08 bits per heavy atom. The molecular formula is C26H23N5O5. The summed E-state index contributed by atoms with van der Waals surface area (Å²) in [5, 5.41) is 7.33. The number of amides is 4. The third kappa shape index (κ3) is 3.75. The lowest BCUT2D eigenvalue weighted by Gasteiger charge is -2.30. The van der Waals surface area contributed by atoms with Crippen LogP contribution in [0.25, 0.3) is 10.8 Å². The third-order valence-electron chi connectivity index (χ3n) is 6.79. The first-order valence-corrected chi connectivity index (χ1v) is 11.8. The molecule has 36 heavy (non-hydrogen) atoms. The van der Waals surface area contributed by atoms with E-state index in [9.17, 15) is 19.2 Å². The van der Waals surface area contributed by atoms with Gasteiger partial charge in [0.1, 0.15) is 12.6 Å². The lowest BCUT2D eigenvalue weighted by atomic mass is 10.0. The molecule has 0 bridgehead atoms. The smallest absolute Gasteiger partial charge is 0.259 e. The zero-order valence-electron chi connectivity index (χ0n) is 19.3. The number of morpholine rings is 1. The molecule has 2 fully saturated rings. The molecule has 2 N–H and O–H groups in total. The molecule has 3 aliphatic rings. The molecule has 1 atom stereocenters. The van der Waals surface area contributed by atoms with Crippen LogP contribution < -0.4 is 15.5 Å². The Morgan fingerprint density at radius 3 is 2.75 bits per heavy atom. The molecule has 0 saturated carbocycles. The van der Waals surface area contributed by atoms with Gasteiger partial charge in [0.05, 0.1) is 36.4 Å². The zero-order valence-corrected chi connectivity index (χ0v) is 19.3. The van der Waals surface area contributed by atoms with Crippen molar-refractivity contribution in [1.29, 1.82) is 0 Å². The molecule has 0 aliphatic carbocycles. The quantitative estimate of drug-likeness (QED) is 0.531. The molecule has 1 aromatic heterocycles. The molecule has 1 unspecified atom stereocenters. The van der Waals surface area contributed by atoms with Gasteiger partial charge in [-0.1, -0.05) is 12.1 Å². The predicted octanol–water partition coefficient (Wildman–Crippen LogP) is 2.10. The van der Waals surface area contributed by atoms with Crippen molar-refractivity contribution in [2.45, 2.75) is 25.4 Å². The number of imide groups is 1. The molecular weight excluding hydrogens is 462 g/mol. The number of pyridine rings is 1. The first-order chi connectivity index (χ1) is 17.5. The number of hydrogen-bond acceptors (Lipinski definition) is 7. The number of nitrogens with zero attached hydrogens (tertiary/aromatic N) is 3. The normalized spacial score (nSPS) is 19.7. The van der Waals surface area contributed by atoms with Crippen LogP contribution in [0.15, 0.2) is 48.7 Å². The van der Waals surface area contributed by atoms with Gasteiger partial charge < -0.3 is 15.0 Å². The second kappa shape index (κ2) is 8.72. The van der Waals surface area contributed by atoms with E-state index in [2.05, 4.69) is 15.6 Å². The van der Waals surface area contributed by atoms with Crippen LogP contribution in [0, 0.1) is 0 Å². The average molecular weight is 486 g/mol. The Kier molecular flexibility index (Phi) is 5.37. The van der Waals surface area contributed by atoms with Crippen LogP contribution in [0.4, 0.5) is 17.1 Å². The Labute approximate surface area is 206 Å². The van der Waals surface area contributed by atoms with Crippen molar-refractivity contribution in [3.05, 3.63) is 59.9 Å². The number of anilines is 3. The highest BCUT2D eigenvalue weighted by atomic mass is 16.5. The van der Waals surface area contributed by atoms with Gasteiger partial charge in [-0.25, -0.2) is 0 Å². The Hall–Kier alpha value is -4.31. The van der Waals surface area contributed by atoms with Crippen LogP contribution in [0.1, 0.15) is 28.9 Å². The van der Waals surface area contributed by atoms with Gasteiger partial charge in [-0.15, -0.1) is 0 Å². The van der Waals surface area contributed by atoms with E-state index < -0.39 is 11.9 Å². The van der Waals surface area contributed by atoms with Crippen LogP contribution in [0.5, 0.6) is 0 Å². The first-order valence-electron chi connectivity index (χ1n) is 11.8. The summed E-state index contributed by atoms with van der Waals surface area (Å²) in [6, 6.07) is 12.3. The van der Waals surface area contributed by atoms with E-state index in [1.54, 1.807) is 17.2 Å². The molecule has 3 aliphatic heterocycles. The fourth-order valence-corrected chi connectivity index (χ4v) is 5.01. The minimum atomic E-state index is -0.722. The minimum absolute atomic E-state index is 0.0426. The van der Waals surface area contributed by atoms with Crippen molar-refractivity contribution in [2.24, 2.45) is 0 Å². The van der Waals surface area contributed by atoms with Crippen molar-refractivity contribution < 1.29 is 23.9 Å². The van der Waals surface area contributed by atoms with Gasteiger partial charge >= 0.3 is 0 Å². The maximum atomic E-state index is 13.3. The number of rotatable bonds is 5. The van der Waals surface area contributed by atoms with Crippen LogP contribution in [-0.4, -0.2) is 59.3 Å². The van der Waals surface area contributed by atoms with Crippen LogP contribution in [-0.2, 0) is 25.7 Å². The molecule has 4 heterocycles. The summed E-state index contributed by atoms with van der Waals surface area (Å²) in [7, 11) is 0. The van der Waals surface area contributed by atoms with Gasteiger partial charge in [-0.2, -0.15) is 0 Å². The highest BCUT2D eigenvalue weighted by molar-refractivity contribution is 6.28. The van der Waals surface area contributed by atoms with Crippen LogP contribution in [0.2, 0.25) is 0 Å². The Balaban J connectivity index is 1.27. The number of piperidine rings is 1. The summed E-state index contributed by atoms with van der Waals surface area (Å²) in [6.45, 7) is 1.62. The lowest BCUT2D eigenvalue weighted by Crippen LogP contribution is -2.53. The largest absolute Gasteiger partial charge is 0.370 e. The molecule has 182 valence electrons. The van der Waals surface area contributed by atoms with Gasteiger partial charge in [-0.05, 0) is 36.8 Å². The first kappa shape index (κ1) is 22.2. The van der Waals surface area contributed by atoms with Crippen molar-refractivity contribution in [3.63, 3.8) is 0 Å².